The maximum atomic E-state index is 11.6. The van der Waals surface area contributed by atoms with Crippen molar-refractivity contribution in [1.29, 1.82) is 0 Å². The number of carbonyl (C=O) groups is 1. The number of rotatable bonds is 7. The van der Waals surface area contributed by atoms with Gasteiger partial charge in [0, 0.05) is 26.7 Å². The molecule has 1 aliphatic heterocycles. The highest BCUT2D eigenvalue weighted by Gasteiger charge is 2.13. The topological polar surface area (TPSA) is 50.4 Å². The maximum absolute atomic E-state index is 11.6. The van der Waals surface area contributed by atoms with Crippen LogP contribution in [0.15, 0.2) is 0 Å². The maximum Gasteiger partial charge on any atom is 0.220 e. The molecule has 2 unspecified atom stereocenters. The number of amides is 1. The molecule has 1 fully saturated rings. The van der Waals surface area contributed by atoms with Gasteiger partial charge in [0.25, 0.3) is 0 Å². The first-order valence-corrected chi connectivity index (χ1v) is 6.68. The van der Waals surface area contributed by atoms with Crippen LogP contribution >= 0.6 is 0 Å². The summed E-state index contributed by atoms with van der Waals surface area (Å²) in [5.74, 6) is 1.19. The molecule has 0 aromatic rings. The van der Waals surface area contributed by atoms with Gasteiger partial charge in [0.1, 0.15) is 0 Å². The fourth-order valence-corrected chi connectivity index (χ4v) is 2.32. The van der Waals surface area contributed by atoms with Gasteiger partial charge in [-0.1, -0.05) is 6.92 Å². The second-order valence-corrected chi connectivity index (χ2v) is 5.12. The van der Waals surface area contributed by atoms with Crippen molar-refractivity contribution in [1.82, 2.24) is 10.6 Å². The molecular formula is C13H26N2O2. The summed E-state index contributed by atoms with van der Waals surface area (Å²) in [7, 11) is 1.67. The molecule has 1 aliphatic rings. The van der Waals surface area contributed by atoms with E-state index in [1.54, 1.807) is 7.11 Å². The van der Waals surface area contributed by atoms with Crippen molar-refractivity contribution >= 4 is 5.91 Å². The van der Waals surface area contributed by atoms with Crippen molar-refractivity contribution < 1.29 is 9.53 Å². The Kier molecular flexibility index (Phi) is 7.21. The van der Waals surface area contributed by atoms with Crippen LogP contribution in [0.3, 0.4) is 0 Å². The van der Waals surface area contributed by atoms with Crippen LogP contribution in [0.5, 0.6) is 0 Å². The fraction of sp³-hybridized carbons (Fsp3) is 0.923. The van der Waals surface area contributed by atoms with E-state index in [-0.39, 0.29) is 5.91 Å². The molecule has 1 rings (SSSR count). The highest BCUT2D eigenvalue weighted by molar-refractivity contribution is 5.76. The Morgan fingerprint density at radius 2 is 2.41 bits per heavy atom. The van der Waals surface area contributed by atoms with Crippen molar-refractivity contribution in [3.63, 3.8) is 0 Å². The molecule has 0 radical (unpaired) electrons. The van der Waals surface area contributed by atoms with Crippen LogP contribution in [0.4, 0.5) is 0 Å². The number of piperidine rings is 1. The highest BCUT2D eigenvalue weighted by Crippen LogP contribution is 2.12. The first-order chi connectivity index (χ1) is 8.22. The molecule has 1 heterocycles. The molecule has 17 heavy (non-hydrogen) atoms. The van der Waals surface area contributed by atoms with Crippen molar-refractivity contribution in [3.8, 4) is 0 Å². The lowest BCUT2D eigenvalue weighted by molar-refractivity contribution is -0.122. The Hall–Kier alpha value is -0.610. The van der Waals surface area contributed by atoms with Gasteiger partial charge in [-0.15, -0.1) is 0 Å². The second-order valence-electron chi connectivity index (χ2n) is 5.12. The number of methoxy groups -OCH3 is 1. The minimum absolute atomic E-state index is 0.151. The minimum Gasteiger partial charge on any atom is -0.384 e. The van der Waals surface area contributed by atoms with Gasteiger partial charge in [-0.2, -0.15) is 0 Å². The van der Waals surface area contributed by atoms with E-state index >= 15 is 0 Å². The van der Waals surface area contributed by atoms with Crippen LogP contribution in [0.2, 0.25) is 0 Å². The van der Waals surface area contributed by atoms with E-state index in [2.05, 4.69) is 10.6 Å². The Bertz CT molecular complexity index is 215. The predicted molar refractivity (Wildman–Crippen MR) is 68.9 cm³/mol. The van der Waals surface area contributed by atoms with Crippen LogP contribution in [-0.4, -0.2) is 39.3 Å². The third-order valence-corrected chi connectivity index (χ3v) is 3.26. The van der Waals surface area contributed by atoms with Crippen molar-refractivity contribution in [2.24, 2.45) is 11.8 Å². The van der Waals surface area contributed by atoms with E-state index in [0.29, 0.717) is 18.9 Å². The van der Waals surface area contributed by atoms with Crippen LogP contribution < -0.4 is 10.6 Å². The van der Waals surface area contributed by atoms with E-state index in [4.69, 9.17) is 4.74 Å². The molecule has 4 nitrogen and oxygen atoms in total. The molecule has 0 spiro atoms. The first-order valence-electron chi connectivity index (χ1n) is 6.68. The largest absolute Gasteiger partial charge is 0.384 e. The molecule has 1 saturated heterocycles. The SMILES string of the molecule is COCC(C)CC(=O)NCCC1CCCNC1. The molecule has 2 atom stereocenters. The molecule has 1 amide bonds. The fourth-order valence-electron chi connectivity index (χ4n) is 2.32. The van der Waals surface area contributed by atoms with Crippen LogP contribution in [0, 0.1) is 11.8 Å². The van der Waals surface area contributed by atoms with E-state index in [0.717, 1.165) is 32.0 Å². The van der Waals surface area contributed by atoms with E-state index in [1.165, 1.54) is 12.8 Å². The number of ether oxygens (including phenoxy) is 1. The zero-order valence-electron chi connectivity index (χ0n) is 11.1. The van der Waals surface area contributed by atoms with Gasteiger partial charge in [-0.05, 0) is 44.2 Å². The van der Waals surface area contributed by atoms with Gasteiger partial charge >= 0.3 is 0 Å². The Morgan fingerprint density at radius 1 is 1.59 bits per heavy atom. The Labute approximate surface area is 104 Å². The number of hydrogen-bond donors (Lipinski definition) is 2. The predicted octanol–water partition coefficient (Wildman–Crippen LogP) is 1.16. The summed E-state index contributed by atoms with van der Waals surface area (Å²) in [5, 5.41) is 6.39. The van der Waals surface area contributed by atoms with Gasteiger partial charge in [0.05, 0.1) is 0 Å². The molecule has 0 saturated carbocycles. The summed E-state index contributed by atoms with van der Waals surface area (Å²) >= 11 is 0. The van der Waals surface area contributed by atoms with Gasteiger partial charge in [0.15, 0.2) is 0 Å². The summed E-state index contributed by atoms with van der Waals surface area (Å²) in [5.41, 5.74) is 0. The first kappa shape index (κ1) is 14.5. The van der Waals surface area contributed by atoms with Crippen LogP contribution in [0.25, 0.3) is 0 Å². The third kappa shape index (κ3) is 6.64. The summed E-state index contributed by atoms with van der Waals surface area (Å²) < 4.78 is 5.02. The van der Waals surface area contributed by atoms with E-state index < -0.39 is 0 Å². The second kappa shape index (κ2) is 8.48. The zero-order valence-corrected chi connectivity index (χ0v) is 11.1. The number of carbonyl (C=O) groups excluding carboxylic acids is 1. The standard InChI is InChI=1S/C13H26N2O2/c1-11(10-17-2)8-13(16)15-7-5-12-4-3-6-14-9-12/h11-12,14H,3-10H2,1-2H3,(H,15,16). The smallest absolute Gasteiger partial charge is 0.220 e. The molecular weight excluding hydrogens is 216 g/mol. The lowest BCUT2D eigenvalue weighted by Gasteiger charge is -2.22. The molecule has 0 bridgehead atoms. The lowest BCUT2D eigenvalue weighted by Crippen LogP contribution is -2.33. The average molecular weight is 242 g/mol. The van der Waals surface area contributed by atoms with Crippen molar-refractivity contribution in [3.05, 3.63) is 0 Å². The van der Waals surface area contributed by atoms with Gasteiger partial charge in [0.2, 0.25) is 5.91 Å². The molecule has 0 aromatic carbocycles. The monoisotopic (exact) mass is 242 g/mol. The van der Waals surface area contributed by atoms with Crippen molar-refractivity contribution in [2.45, 2.75) is 32.6 Å². The molecule has 4 heteroatoms. The lowest BCUT2D eigenvalue weighted by atomic mass is 9.96. The molecule has 100 valence electrons. The molecule has 0 aromatic heterocycles. The minimum atomic E-state index is 0.151. The zero-order chi connectivity index (χ0) is 12.5. The van der Waals surface area contributed by atoms with E-state index in [1.807, 2.05) is 6.92 Å². The van der Waals surface area contributed by atoms with Crippen LogP contribution in [0.1, 0.15) is 32.6 Å². The van der Waals surface area contributed by atoms with Gasteiger partial charge in [-0.3, -0.25) is 4.79 Å². The van der Waals surface area contributed by atoms with E-state index in [9.17, 15) is 4.79 Å². The average Bonchev–Trinajstić information content (AvgIpc) is 2.30. The third-order valence-electron chi connectivity index (χ3n) is 3.26. The number of nitrogens with one attached hydrogen (secondary N) is 2. The normalized spacial score (nSPS) is 22.1. The quantitative estimate of drug-likeness (QED) is 0.704. The summed E-state index contributed by atoms with van der Waals surface area (Å²) in [4.78, 5) is 11.6. The van der Waals surface area contributed by atoms with Crippen molar-refractivity contribution in [2.75, 3.05) is 33.4 Å². The van der Waals surface area contributed by atoms with Gasteiger partial charge in [-0.25, -0.2) is 0 Å². The highest BCUT2D eigenvalue weighted by atomic mass is 16.5. The summed E-state index contributed by atoms with van der Waals surface area (Å²) in [6, 6.07) is 0. The Morgan fingerprint density at radius 3 is 3.06 bits per heavy atom. The van der Waals surface area contributed by atoms with Crippen LogP contribution in [-0.2, 0) is 9.53 Å². The molecule has 2 N–H and O–H groups in total. The van der Waals surface area contributed by atoms with Gasteiger partial charge < -0.3 is 15.4 Å². The number of hydrogen-bond acceptors (Lipinski definition) is 3. The summed E-state index contributed by atoms with van der Waals surface area (Å²) in [6.45, 7) is 5.76. The molecule has 0 aliphatic carbocycles. The summed E-state index contributed by atoms with van der Waals surface area (Å²) in [6.07, 6.45) is 4.22. The Balaban J connectivity index is 2.03.